The predicted molar refractivity (Wildman–Crippen MR) is 72.2 cm³/mol. The maximum absolute atomic E-state index is 12.3. The summed E-state index contributed by atoms with van der Waals surface area (Å²) in [6, 6.07) is 6.80. The molecule has 3 rings (SSSR count). The number of imide groups is 1. The number of piperidine rings is 1. The fourth-order valence-corrected chi connectivity index (χ4v) is 2.61. The van der Waals surface area contributed by atoms with Crippen LogP contribution in [-0.2, 0) is 16.0 Å². The van der Waals surface area contributed by atoms with Crippen molar-refractivity contribution in [2.45, 2.75) is 25.3 Å². The van der Waals surface area contributed by atoms with Crippen molar-refractivity contribution in [3.8, 4) is 0 Å². The maximum Gasteiger partial charge on any atom is 0.322 e. The Morgan fingerprint density at radius 1 is 1.25 bits per heavy atom. The smallest absolute Gasteiger partial charge is 0.322 e. The molecule has 0 saturated carbocycles. The van der Waals surface area contributed by atoms with Gasteiger partial charge in [0.25, 0.3) is 0 Å². The molecule has 0 aliphatic carbocycles. The highest BCUT2D eigenvalue weighted by Crippen LogP contribution is 2.27. The largest absolute Gasteiger partial charge is 0.326 e. The highest BCUT2D eigenvalue weighted by molar-refractivity contribution is 6.03. The lowest BCUT2D eigenvalue weighted by Crippen LogP contribution is -2.55. The molecular weight excluding hydrogens is 258 g/mol. The normalized spacial score (nSPS) is 21.4. The minimum Gasteiger partial charge on any atom is -0.326 e. The standard InChI is InChI=1S/C14H15N3O3/c18-12-6-5-10(13(19)16-12)15-14(20)17-8-7-9-3-1-2-4-11(9)17/h1-4,10H,5-8H2,(H,15,20)(H,16,18,19)/t10-/m0/s1. The third-order valence-electron chi connectivity index (χ3n) is 3.67. The van der Waals surface area contributed by atoms with Crippen LogP contribution < -0.4 is 15.5 Å². The third-order valence-corrected chi connectivity index (χ3v) is 3.67. The van der Waals surface area contributed by atoms with Crippen molar-refractivity contribution in [2.75, 3.05) is 11.4 Å². The molecule has 0 radical (unpaired) electrons. The SMILES string of the molecule is O=C1CC[C@H](NC(=O)N2CCc3ccccc32)C(=O)N1. The summed E-state index contributed by atoms with van der Waals surface area (Å²) in [5.41, 5.74) is 2.02. The number of hydrogen-bond acceptors (Lipinski definition) is 3. The van der Waals surface area contributed by atoms with Crippen molar-refractivity contribution >= 4 is 23.5 Å². The molecule has 20 heavy (non-hydrogen) atoms. The van der Waals surface area contributed by atoms with E-state index in [2.05, 4.69) is 10.6 Å². The molecule has 6 nitrogen and oxygen atoms in total. The lowest BCUT2D eigenvalue weighted by atomic mass is 10.1. The van der Waals surface area contributed by atoms with Crippen LogP contribution in [0.1, 0.15) is 18.4 Å². The Morgan fingerprint density at radius 2 is 2.05 bits per heavy atom. The maximum atomic E-state index is 12.3. The van der Waals surface area contributed by atoms with Gasteiger partial charge in [-0.2, -0.15) is 0 Å². The second-order valence-corrected chi connectivity index (χ2v) is 4.98. The molecule has 0 aromatic heterocycles. The molecule has 1 saturated heterocycles. The Labute approximate surface area is 116 Å². The van der Waals surface area contributed by atoms with Crippen LogP contribution in [0.5, 0.6) is 0 Å². The Bertz CT molecular complexity index is 585. The van der Waals surface area contributed by atoms with Crippen LogP contribution in [0.2, 0.25) is 0 Å². The van der Waals surface area contributed by atoms with E-state index < -0.39 is 11.9 Å². The Kier molecular flexibility index (Phi) is 3.14. The van der Waals surface area contributed by atoms with Gasteiger partial charge in [-0.15, -0.1) is 0 Å². The first-order valence-corrected chi connectivity index (χ1v) is 6.65. The summed E-state index contributed by atoms with van der Waals surface area (Å²) >= 11 is 0. The molecule has 1 aromatic rings. The van der Waals surface area contributed by atoms with E-state index >= 15 is 0 Å². The number of benzene rings is 1. The van der Waals surface area contributed by atoms with Gasteiger partial charge in [0.05, 0.1) is 0 Å². The van der Waals surface area contributed by atoms with Crippen LogP contribution in [0.25, 0.3) is 0 Å². The summed E-state index contributed by atoms with van der Waals surface area (Å²) in [5, 5.41) is 4.93. The van der Waals surface area contributed by atoms with Crippen molar-refractivity contribution in [2.24, 2.45) is 0 Å². The van der Waals surface area contributed by atoms with E-state index in [0.717, 1.165) is 17.7 Å². The lowest BCUT2D eigenvalue weighted by molar-refractivity contribution is -0.134. The van der Waals surface area contributed by atoms with E-state index in [4.69, 9.17) is 0 Å². The molecule has 0 bridgehead atoms. The molecule has 2 N–H and O–H groups in total. The van der Waals surface area contributed by atoms with Gasteiger partial charge < -0.3 is 5.32 Å². The number of carbonyl (C=O) groups excluding carboxylic acids is 3. The number of nitrogens with one attached hydrogen (secondary N) is 2. The molecule has 1 atom stereocenters. The molecule has 0 spiro atoms. The molecule has 6 heteroatoms. The zero-order valence-corrected chi connectivity index (χ0v) is 10.9. The minimum absolute atomic E-state index is 0.257. The Morgan fingerprint density at radius 3 is 2.85 bits per heavy atom. The van der Waals surface area contributed by atoms with Gasteiger partial charge in [0.15, 0.2) is 0 Å². The van der Waals surface area contributed by atoms with E-state index in [1.54, 1.807) is 4.90 Å². The van der Waals surface area contributed by atoms with Crippen LogP contribution in [-0.4, -0.2) is 30.4 Å². The van der Waals surface area contributed by atoms with E-state index in [1.807, 2.05) is 24.3 Å². The summed E-state index contributed by atoms with van der Waals surface area (Å²) in [6.07, 6.45) is 1.43. The number of anilines is 1. The zero-order chi connectivity index (χ0) is 14.1. The Balaban J connectivity index is 1.69. The molecule has 1 aromatic carbocycles. The van der Waals surface area contributed by atoms with E-state index in [1.165, 1.54) is 0 Å². The van der Waals surface area contributed by atoms with Crippen molar-refractivity contribution in [3.63, 3.8) is 0 Å². The van der Waals surface area contributed by atoms with Crippen LogP contribution in [0, 0.1) is 0 Å². The second kappa shape index (κ2) is 4.96. The van der Waals surface area contributed by atoms with Crippen molar-refractivity contribution < 1.29 is 14.4 Å². The number of nitrogens with zero attached hydrogens (tertiary/aromatic N) is 1. The number of carbonyl (C=O) groups is 3. The fraction of sp³-hybridized carbons (Fsp3) is 0.357. The molecule has 2 aliphatic rings. The second-order valence-electron chi connectivity index (χ2n) is 4.98. The molecule has 104 valence electrons. The summed E-state index contributed by atoms with van der Waals surface area (Å²) in [5.74, 6) is -0.714. The molecular formula is C14H15N3O3. The zero-order valence-electron chi connectivity index (χ0n) is 10.9. The van der Waals surface area contributed by atoms with Gasteiger partial charge in [0.2, 0.25) is 11.8 Å². The molecule has 2 heterocycles. The van der Waals surface area contributed by atoms with Crippen LogP contribution in [0.3, 0.4) is 0 Å². The van der Waals surface area contributed by atoms with E-state index in [9.17, 15) is 14.4 Å². The van der Waals surface area contributed by atoms with Crippen molar-refractivity contribution in [1.82, 2.24) is 10.6 Å². The number of urea groups is 1. The first-order chi connectivity index (χ1) is 9.65. The van der Waals surface area contributed by atoms with Gasteiger partial charge in [0.1, 0.15) is 6.04 Å². The highest BCUT2D eigenvalue weighted by Gasteiger charge is 2.31. The summed E-state index contributed by atoms with van der Waals surface area (Å²) < 4.78 is 0. The highest BCUT2D eigenvalue weighted by atomic mass is 16.2. The number of fused-ring (bicyclic) bond motifs is 1. The topological polar surface area (TPSA) is 78.5 Å². The Hall–Kier alpha value is -2.37. The van der Waals surface area contributed by atoms with Crippen molar-refractivity contribution in [1.29, 1.82) is 0 Å². The number of amides is 4. The van der Waals surface area contributed by atoms with E-state index in [-0.39, 0.29) is 18.4 Å². The van der Waals surface area contributed by atoms with Crippen LogP contribution >= 0.6 is 0 Å². The lowest BCUT2D eigenvalue weighted by Gasteiger charge is -2.25. The molecule has 4 amide bonds. The monoisotopic (exact) mass is 273 g/mol. The minimum atomic E-state index is -0.632. The van der Waals surface area contributed by atoms with Gasteiger partial charge in [-0.05, 0) is 24.5 Å². The van der Waals surface area contributed by atoms with Crippen LogP contribution in [0.4, 0.5) is 10.5 Å². The van der Waals surface area contributed by atoms with Gasteiger partial charge in [0, 0.05) is 18.7 Å². The number of rotatable bonds is 1. The predicted octanol–water partition coefficient (Wildman–Crippen LogP) is 0.564. The fourth-order valence-electron chi connectivity index (χ4n) is 2.61. The molecule has 2 aliphatic heterocycles. The number of hydrogen-bond donors (Lipinski definition) is 2. The average Bonchev–Trinajstić information content (AvgIpc) is 2.86. The van der Waals surface area contributed by atoms with Gasteiger partial charge in [-0.1, -0.05) is 18.2 Å². The van der Waals surface area contributed by atoms with E-state index in [0.29, 0.717) is 13.0 Å². The number of para-hydroxylation sites is 1. The first kappa shape index (κ1) is 12.7. The average molecular weight is 273 g/mol. The first-order valence-electron chi connectivity index (χ1n) is 6.65. The molecule has 1 fully saturated rings. The summed E-state index contributed by atoms with van der Waals surface area (Å²) in [4.78, 5) is 36.6. The van der Waals surface area contributed by atoms with Gasteiger partial charge in [-0.25, -0.2) is 4.79 Å². The molecule has 0 unspecified atom stereocenters. The summed E-state index contributed by atoms with van der Waals surface area (Å²) in [6.45, 7) is 0.610. The third kappa shape index (κ3) is 2.24. The van der Waals surface area contributed by atoms with Gasteiger partial charge in [-0.3, -0.25) is 19.8 Å². The van der Waals surface area contributed by atoms with Crippen LogP contribution in [0.15, 0.2) is 24.3 Å². The van der Waals surface area contributed by atoms with Crippen molar-refractivity contribution in [3.05, 3.63) is 29.8 Å². The van der Waals surface area contributed by atoms with Gasteiger partial charge >= 0.3 is 6.03 Å². The quantitative estimate of drug-likeness (QED) is 0.734. The summed E-state index contributed by atoms with van der Waals surface area (Å²) in [7, 11) is 0.